The number of allylic oxidation sites excluding steroid dienone is 2. The summed E-state index contributed by atoms with van der Waals surface area (Å²) >= 11 is 0. The molecule has 2 aliphatic carbocycles. The van der Waals surface area contributed by atoms with Crippen LogP contribution in [0.5, 0.6) is 0 Å². The Morgan fingerprint density at radius 3 is 2.83 bits per heavy atom. The third-order valence-electron chi connectivity index (χ3n) is 3.11. The van der Waals surface area contributed by atoms with Gasteiger partial charge in [-0.1, -0.05) is 6.08 Å². The van der Waals surface area contributed by atoms with E-state index in [1.165, 1.54) is 0 Å². The molecule has 2 heteroatoms. The van der Waals surface area contributed by atoms with Crippen molar-refractivity contribution in [1.82, 2.24) is 0 Å². The van der Waals surface area contributed by atoms with Gasteiger partial charge in [-0.05, 0) is 37.2 Å². The lowest BCUT2D eigenvalue weighted by atomic mass is 9.77. The Hall–Kier alpha value is -0.630. The summed E-state index contributed by atoms with van der Waals surface area (Å²) < 4.78 is 0. The molecule has 0 saturated heterocycles. The molecule has 0 bridgehead atoms. The molecular weight excluding hydrogens is 152 g/mol. The Labute approximate surface area is 72.3 Å². The molecule has 0 aromatic heterocycles. The Bertz CT molecular complexity index is 232. The number of carbonyl (C=O) groups is 1. The minimum atomic E-state index is -0.136. The smallest absolute Gasteiger partial charge is 0.155 e. The van der Waals surface area contributed by atoms with Crippen LogP contribution in [-0.4, -0.2) is 17.0 Å². The highest BCUT2D eigenvalue weighted by Gasteiger charge is 2.37. The van der Waals surface area contributed by atoms with Gasteiger partial charge in [-0.3, -0.25) is 4.79 Å². The lowest BCUT2D eigenvalue weighted by Crippen LogP contribution is -2.20. The number of aliphatic hydroxyl groups excluding tert-OH is 1. The monoisotopic (exact) mass is 166 g/mol. The highest BCUT2D eigenvalue weighted by molar-refractivity contribution is 5.90. The van der Waals surface area contributed by atoms with Gasteiger partial charge in [0, 0.05) is 6.42 Å². The quantitative estimate of drug-likeness (QED) is 0.591. The number of hydrogen-bond acceptors (Lipinski definition) is 2. The van der Waals surface area contributed by atoms with Crippen LogP contribution in [0.2, 0.25) is 0 Å². The summed E-state index contributed by atoms with van der Waals surface area (Å²) in [6.07, 6.45) is 8.01. The van der Waals surface area contributed by atoms with E-state index < -0.39 is 0 Å². The molecular formula is C10H14O2. The van der Waals surface area contributed by atoms with Crippen LogP contribution in [0.3, 0.4) is 0 Å². The summed E-state index contributed by atoms with van der Waals surface area (Å²) in [6, 6.07) is 0. The van der Waals surface area contributed by atoms with Gasteiger partial charge in [-0.25, -0.2) is 0 Å². The van der Waals surface area contributed by atoms with E-state index in [1.807, 2.05) is 6.08 Å². The van der Waals surface area contributed by atoms with Crippen LogP contribution in [-0.2, 0) is 4.79 Å². The van der Waals surface area contributed by atoms with E-state index in [1.54, 1.807) is 6.08 Å². The molecule has 0 aliphatic heterocycles. The number of rotatable bonds is 0. The van der Waals surface area contributed by atoms with Gasteiger partial charge in [-0.2, -0.15) is 0 Å². The minimum Gasteiger partial charge on any atom is -0.393 e. The maximum absolute atomic E-state index is 10.9. The van der Waals surface area contributed by atoms with Crippen LogP contribution in [0, 0.1) is 5.41 Å². The van der Waals surface area contributed by atoms with Crippen molar-refractivity contribution < 1.29 is 9.90 Å². The molecule has 0 heterocycles. The second-order valence-corrected chi connectivity index (χ2v) is 4.06. The topological polar surface area (TPSA) is 37.3 Å². The molecule has 2 aliphatic rings. The van der Waals surface area contributed by atoms with E-state index in [-0.39, 0.29) is 17.3 Å². The summed E-state index contributed by atoms with van der Waals surface area (Å²) in [6.45, 7) is 0. The van der Waals surface area contributed by atoms with Crippen molar-refractivity contribution in [3.8, 4) is 0 Å². The SMILES string of the molecule is O=C1C=C[C@]2(CC1)CC[C@@H](O)C2. The minimum absolute atomic E-state index is 0.136. The van der Waals surface area contributed by atoms with Gasteiger partial charge in [0.1, 0.15) is 0 Å². The van der Waals surface area contributed by atoms with E-state index in [4.69, 9.17) is 0 Å². The van der Waals surface area contributed by atoms with Gasteiger partial charge in [0.25, 0.3) is 0 Å². The molecule has 0 unspecified atom stereocenters. The molecule has 0 amide bonds. The van der Waals surface area contributed by atoms with Gasteiger partial charge in [0.15, 0.2) is 5.78 Å². The summed E-state index contributed by atoms with van der Waals surface area (Å²) in [4.78, 5) is 10.9. The molecule has 2 nitrogen and oxygen atoms in total. The Kier molecular flexibility index (Phi) is 1.80. The van der Waals surface area contributed by atoms with Crippen molar-refractivity contribution in [1.29, 1.82) is 0 Å². The van der Waals surface area contributed by atoms with Crippen LogP contribution in [0.1, 0.15) is 32.1 Å². The first kappa shape index (κ1) is 7.99. The zero-order valence-electron chi connectivity index (χ0n) is 7.12. The van der Waals surface area contributed by atoms with Crippen LogP contribution in [0.4, 0.5) is 0 Å². The molecule has 1 saturated carbocycles. The normalized spacial score (nSPS) is 41.1. The number of carbonyl (C=O) groups excluding carboxylic acids is 1. The van der Waals surface area contributed by atoms with E-state index in [9.17, 15) is 9.90 Å². The Morgan fingerprint density at radius 1 is 1.50 bits per heavy atom. The number of hydrogen-bond donors (Lipinski definition) is 1. The van der Waals surface area contributed by atoms with Gasteiger partial charge >= 0.3 is 0 Å². The van der Waals surface area contributed by atoms with Crippen molar-refractivity contribution in [2.75, 3.05) is 0 Å². The summed E-state index contributed by atoms with van der Waals surface area (Å²) in [5, 5.41) is 9.39. The van der Waals surface area contributed by atoms with Crippen molar-refractivity contribution in [2.24, 2.45) is 5.41 Å². The van der Waals surface area contributed by atoms with Crippen molar-refractivity contribution >= 4 is 5.78 Å². The number of aliphatic hydroxyl groups is 1. The van der Waals surface area contributed by atoms with Crippen LogP contribution in [0.25, 0.3) is 0 Å². The standard InChI is InChI=1S/C10H14O2/c11-8-1-4-10(5-2-8)6-3-9(12)7-10/h1,4,9,12H,2-3,5-7H2/t9-,10+/m1/s1. The molecule has 2 rings (SSSR count). The predicted octanol–water partition coefficient (Wildman–Crippen LogP) is 1.44. The third kappa shape index (κ3) is 1.31. The fourth-order valence-corrected chi connectivity index (χ4v) is 2.31. The Balaban J connectivity index is 2.13. The van der Waals surface area contributed by atoms with Crippen molar-refractivity contribution in [2.45, 2.75) is 38.2 Å². The predicted molar refractivity (Wildman–Crippen MR) is 45.7 cm³/mol. The zero-order chi connectivity index (χ0) is 8.60. The molecule has 66 valence electrons. The fraction of sp³-hybridized carbons (Fsp3) is 0.700. The summed E-state index contributed by atoms with van der Waals surface area (Å²) in [5.74, 6) is 0.238. The van der Waals surface area contributed by atoms with Gasteiger partial charge in [0.2, 0.25) is 0 Å². The first-order valence-corrected chi connectivity index (χ1v) is 4.60. The molecule has 0 aromatic carbocycles. The van der Waals surface area contributed by atoms with Gasteiger partial charge < -0.3 is 5.11 Å². The maximum Gasteiger partial charge on any atom is 0.155 e. The van der Waals surface area contributed by atoms with Crippen LogP contribution >= 0.6 is 0 Å². The third-order valence-corrected chi connectivity index (χ3v) is 3.11. The van der Waals surface area contributed by atoms with Crippen LogP contribution in [0.15, 0.2) is 12.2 Å². The molecule has 1 N–H and O–H groups in total. The lowest BCUT2D eigenvalue weighted by molar-refractivity contribution is -0.115. The van der Waals surface area contributed by atoms with Gasteiger partial charge in [-0.15, -0.1) is 0 Å². The molecule has 2 atom stereocenters. The van der Waals surface area contributed by atoms with Crippen molar-refractivity contribution in [3.63, 3.8) is 0 Å². The lowest BCUT2D eigenvalue weighted by Gasteiger charge is -2.27. The molecule has 1 spiro atoms. The van der Waals surface area contributed by atoms with E-state index >= 15 is 0 Å². The highest BCUT2D eigenvalue weighted by atomic mass is 16.3. The average molecular weight is 166 g/mol. The largest absolute Gasteiger partial charge is 0.393 e. The average Bonchev–Trinajstić information content (AvgIpc) is 2.40. The van der Waals surface area contributed by atoms with Gasteiger partial charge in [0.05, 0.1) is 6.10 Å². The molecule has 12 heavy (non-hydrogen) atoms. The molecule has 0 aromatic rings. The fourth-order valence-electron chi connectivity index (χ4n) is 2.31. The Morgan fingerprint density at radius 2 is 2.33 bits per heavy atom. The first-order valence-electron chi connectivity index (χ1n) is 4.60. The second-order valence-electron chi connectivity index (χ2n) is 4.06. The molecule has 1 fully saturated rings. The van der Waals surface area contributed by atoms with E-state index in [2.05, 4.69) is 0 Å². The van der Waals surface area contributed by atoms with Crippen LogP contribution < -0.4 is 0 Å². The summed E-state index contributed by atoms with van der Waals surface area (Å²) in [7, 11) is 0. The first-order chi connectivity index (χ1) is 5.70. The molecule has 0 radical (unpaired) electrons. The summed E-state index contributed by atoms with van der Waals surface area (Å²) in [5.41, 5.74) is 0.174. The zero-order valence-corrected chi connectivity index (χ0v) is 7.12. The number of ketones is 1. The van der Waals surface area contributed by atoms with E-state index in [0.717, 1.165) is 25.7 Å². The second kappa shape index (κ2) is 2.70. The van der Waals surface area contributed by atoms with E-state index in [0.29, 0.717) is 6.42 Å². The van der Waals surface area contributed by atoms with Crippen molar-refractivity contribution in [3.05, 3.63) is 12.2 Å². The highest BCUT2D eigenvalue weighted by Crippen LogP contribution is 2.44. The maximum atomic E-state index is 10.9.